The van der Waals surface area contributed by atoms with Gasteiger partial charge in [-0.25, -0.2) is 0 Å². The van der Waals surface area contributed by atoms with Crippen molar-refractivity contribution in [3.63, 3.8) is 0 Å². The van der Waals surface area contributed by atoms with Crippen molar-refractivity contribution < 1.29 is 4.79 Å². The molecule has 1 amide bonds. The lowest BCUT2D eigenvalue weighted by Crippen LogP contribution is -2.43. The van der Waals surface area contributed by atoms with E-state index in [1.807, 2.05) is 0 Å². The largest absolute Gasteiger partial charge is 0.325 e. The lowest BCUT2D eigenvalue weighted by atomic mass is 9.73. The first-order valence-corrected chi connectivity index (χ1v) is 5.26. The maximum atomic E-state index is 12.0. The van der Waals surface area contributed by atoms with Gasteiger partial charge in [0.05, 0.1) is 5.41 Å². The van der Waals surface area contributed by atoms with E-state index in [1.54, 1.807) is 12.2 Å². The zero-order chi connectivity index (χ0) is 10.9. The van der Waals surface area contributed by atoms with Gasteiger partial charge in [0, 0.05) is 5.70 Å². The third-order valence-electron chi connectivity index (χ3n) is 3.35. The third-order valence-corrected chi connectivity index (χ3v) is 3.35. The summed E-state index contributed by atoms with van der Waals surface area (Å²) in [5.74, 6) is 0.105. The van der Waals surface area contributed by atoms with Crippen LogP contribution in [0.2, 0.25) is 0 Å². The first kappa shape index (κ1) is 10.2. The number of nitrogens with one attached hydrogen (secondary N) is 2. The third kappa shape index (κ3) is 1.35. The molecule has 3 heteroatoms. The number of hydrogen-bond acceptors (Lipinski definition) is 2. The molecule has 0 aromatic rings. The van der Waals surface area contributed by atoms with E-state index in [4.69, 9.17) is 0 Å². The zero-order valence-corrected chi connectivity index (χ0v) is 8.81. The van der Waals surface area contributed by atoms with Crippen molar-refractivity contribution in [1.29, 1.82) is 0 Å². The Morgan fingerprint density at radius 2 is 1.87 bits per heavy atom. The Balaban J connectivity index is 2.44. The number of piperidine rings is 1. The summed E-state index contributed by atoms with van der Waals surface area (Å²) in [6.07, 6.45) is 5.18. The molecule has 15 heavy (non-hydrogen) atoms. The van der Waals surface area contributed by atoms with Crippen molar-refractivity contribution in [1.82, 2.24) is 10.6 Å². The minimum Gasteiger partial charge on any atom is -0.325 e. The first-order valence-electron chi connectivity index (χ1n) is 5.26. The van der Waals surface area contributed by atoms with Crippen LogP contribution in [0.1, 0.15) is 12.8 Å². The molecule has 80 valence electrons. The second kappa shape index (κ2) is 3.66. The molecule has 2 rings (SSSR count). The Hall–Kier alpha value is -1.35. The van der Waals surface area contributed by atoms with Gasteiger partial charge in [-0.2, -0.15) is 0 Å². The summed E-state index contributed by atoms with van der Waals surface area (Å²) in [6.45, 7) is 9.29. The van der Waals surface area contributed by atoms with Crippen molar-refractivity contribution in [3.05, 3.63) is 36.6 Å². The van der Waals surface area contributed by atoms with Crippen LogP contribution >= 0.6 is 0 Å². The van der Waals surface area contributed by atoms with Crippen LogP contribution in [-0.2, 0) is 4.79 Å². The smallest absolute Gasteiger partial charge is 0.235 e. The van der Waals surface area contributed by atoms with E-state index in [2.05, 4.69) is 23.8 Å². The molecule has 2 heterocycles. The van der Waals surface area contributed by atoms with Gasteiger partial charge in [-0.15, -0.1) is 0 Å². The van der Waals surface area contributed by atoms with Crippen LogP contribution < -0.4 is 10.6 Å². The van der Waals surface area contributed by atoms with Crippen LogP contribution in [-0.4, -0.2) is 19.0 Å². The molecule has 0 aromatic carbocycles. The first-order chi connectivity index (χ1) is 7.24. The highest BCUT2D eigenvalue weighted by molar-refractivity contribution is 5.92. The van der Waals surface area contributed by atoms with Crippen LogP contribution in [0, 0.1) is 5.41 Å². The molecular formula is C12H16N2O. The molecule has 0 aromatic heterocycles. The van der Waals surface area contributed by atoms with Crippen molar-refractivity contribution in [2.45, 2.75) is 12.8 Å². The van der Waals surface area contributed by atoms with Gasteiger partial charge >= 0.3 is 0 Å². The zero-order valence-electron chi connectivity index (χ0n) is 8.81. The van der Waals surface area contributed by atoms with Gasteiger partial charge in [0.2, 0.25) is 5.91 Å². The van der Waals surface area contributed by atoms with E-state index in [0.29, 0.717) is 0 Å². The van der Waals surface area contributed by atoms with Crippen molar-refractivity contribution >= 4 is 5.91 Å². The van der Waals surface area contributed by atoms with Crippen LogP contribution in [0.3, 0.4) is 0 Å². The van der Waals surface area contributed by atoms with E-state index in [9.17, 15) is 4.79 Å². The minimum atomic E-state index is -0.351. The molecule has 1 saturated heterocycles. The fourth-order valence-corrected chi connectivity index (χ4v) is 2.51. The number of allylic oxidation sites excluding steroid dienone is 2. The molecule has 2 aliphatic heterocycles. The molecule has 1 fully saturated rings. The van der Waals surface area contributed by atoms with Gasteiger partial charge in [-0.3, -0.25) is 4.79 Å². The Morgan fingerprint density at radius 1 is 1.20 bits per heavy atom. The van der Waals surface area contributed by atoms with Crippen molar-refractivity contribution in [2.24, 2.45) is 5.41 Å². The molecule has 3 nitrogen and oxygen atoms in total. The quantitative estimate of drug-likeness (QED) is 0.707. The van der Waals surface area contributed by atoms with Crippen molar-refractivity contribution in [3.8, 4) is 0 Å². The molecule has 2 N–H and O–H groups in total. The van der Waals surface area contributed by atoms with Gasteiger partial charge < -0.3 is 10.6 Å². The number of carbonyl (C=O) groups is 1. The minimum absolute atomic E-state index is 0.105. The van der Waals surface area contributed by atoms with E-state index >= 15 is 0 Å². The number of carbonyl (C=O) groups excluding carboxylic acids is 1. The predicted octanol–water partition coefficient (Wildman–Crippen LogP) is 1.11. The van der Waals surface area contributed by atoms with E-state index < -0.39 is 0 Å². The van der Waals surface area contributed by atoms with Gasteiger partial charge in [0.25, 0.3) is 0 Å². The van der Waals surface area contributed by atoms with E-state index in [1.165, 1.54) is 0 Å². The Kier molecular flexibility index (Phi) is 2.49. The van der Waals surface area contributed by atoms with Gasteiger partial charge in [0.15, 0.2) is 0 Å². The topological polar surface area (TPSA) is 41.1 Å². The summed E-state index contributed by atoms with van der Waals surface area (Å²) in [7, 11) is 0. The van der Waals surface area contributed by atoms with Crippen LogP contribution in [0.4, 0.5) is 0 Å². The van der Waals surface area contributed by atoms with Crippen LogP contribution in [0.25, 0.3) is 0 Å². The lowest BCUT2D eigenvalue weighted by Gasteiger charge is -2.32. The second-order valence-corrected chi connectivity index (χ2v) is 4.02. The highest BCUT2D eigenvalue weighted by Gasteiger charge is 2.46. The average Bonchev–Trinajstić information content (AvgIpc) is 2.53. The van der Waals surface area contributed by atoms with Crippen molar-refractivity contribution in [2.75, 3.05) is 13.1 Å². The summed E-state index contributed by atoms with van der Waals surface area (Å²) < 4.78 is 0. The standard InChI is InChI=1S/C12H16N2O/c1-3-9-10(4-2)14-11(15)12(9)5-7-13-8-6-12/h3-4,13H,1-2,5-8H2,(H,14,15). The normalized spacial score (nSPS) is 24.1. The maximum absolute atomic E-state index is 12.0. The highest BCUT2D eigenvalue weighted by atomic mass is 16.2. The highest BCUT2D eigenvalue weighted by Crippen LogP contribution is 2.42. The Bertz CT molecular complexity index is 349. The average molecular weight is 204 g/mol. The molecule has 0 bridgehead atoms. The molecular weight excluding hydrogens is 188 g/mol. The number of amides is 1. The molecule has 1 spiro atoms. The lowest BCUT2D eigenvalue weighted by molar-refractivity contribution is -0.127. The second-order valence-electron chi connectivity index (χ2n) is 4.02. The summed E-state index contributed by atoms with van der Waals surface area (Å²) in [4.78, 5) is 12.0. The number of hydrogen-bond donors (Lipinski definition) is 2. The molecule has 0 atom stereocenters. The van der Waals surface area contributed by atoms with Gasteiger partial charge in [-0.1, -0.05) is 19.2 Å². The van der Waals surface area contributed by atoms with Gasteiger partial charge in [-0.05, 0) is 37.6 Å². The summed E-state index contributed by atoms with van der Waals surface area (Å²) in [6, 6.07) is 0. The SMILES string of the molecule is C=CC1=C(C=C)C2(CCNCC2)C(=O)N1. The Morgan fingerprint density at radius 3 is 2.40 bits per heavy atom. The van der Waals surface area contributed by atoms with Crippen LogP contribution in [0.5, 0.6) is 0 Å². The fraction of sp³-hybridized carbons (Fsp3) is 0.417. The molecule has 0 radical (unpaired) electrons. The number of rotatable bonds is 2. The fourth-order valence-electron chi connectivity index (χ4n) is 2.51. The summed E-state index contributed by atoms with van der Waals surface area (Å²) in [5, 5.41) is 6.16. The molecule has 0 saturated carbocycles. The Labute approximate surface area is 89.9 Å². The molecule has 0 aliphatic carbocycles. The molecule has 2 aliphatic rings. The van der Waals surface area contributed by atoms with E-state index in [0.717, 1.165) is 37.2 Å². The monoisotopic (exact) mass is 204 g/mol. The van der Waals surface area contributed by atoms with E-state index in [-0.39, 0.29) is 11.3 Å². The van der Waals surface area contributed by atoms with Gasteiger partial charge in [0.1, 0.15) is 0 Å². The summed E-state index contributed by atoms with van der Waals surface area (Å²) in [5.41, 5.74) is 1.50. The van der Waals surface area contributed by atoms with Crippen LogP contribution in [0.15, 0.2) is 36.6 Å². The summed E-state index contributed by atoms with van der Waals surface area (Å²) >= 11 is 0. The predicted molar refractivity (Wildman–Crippen MR) is 60.1 cm³/mol. The maximum Gasteiger partial charge on any atom is 0.235 e. The molecule has 0 unspecified atom stereocenters.